The fourth-order valence-electron chi connectivity index (χ4n) is 0.247. The Labute approximate surface area is 58.2 Å². The Bertz CT molecular complexity index is 86.1. The molecule has 0 heterocycles. The number of halogens is 1. The second-order valence-corrected chi connectivity index (χ2v) is 2.15. The molecule has 48 valence electrons. The summed E-state index contributed by atoms with van der Waals surface area (Å²) in [5, 5.41) is 8.16. The zero-order valence-corrected chi connectivity index (χ0v) is 5.71. The van der Waals surface area contributed by atoms with Crippen LogP contribution in [0.15, 0.2) is 0 Å². The van der Waals surface area contributed by atoms with Crippen LogP contribution in [-0.2, 0) is 17.4 Å². The molecule has 1 atom stereocenters. The summed E-state index contributed by atoms with van der Waals surface area (Å²) in [5.41, 5.74) is 0. The Kier molecular flexibility index (Phi) is 4.13. The van der Waals surface area contributed by atoms with Crippen molar-refractivity contribution in [3.63, 3.8) is 0 Å². The third-order valence-corrected chi connectivity index (χ3v) is 1.10. The van der Waals surface area contributed by atoms with Gasteiger partial charge in [-0.05, 0) is 0 Å². The van der Waals surface area contributed by atoms with Gasteiger partial charge in [0.25, 0.3) is 0 Å². The van der Waals surface area contributed by atoms with Gasteiger partial charge < -0.3 is 22.5 Å². The molecule has 0 bridgehead atoms. The number of aliphatic hydroxyl groups excluding tert-OH is 1. The Hall–Kier alpha value is 0.140. The summed E-state index contributed by atoms with van der Waals surface area (Å²) in [5.74, 6) is 0.0718. The minimum atomic E-state index is -0.762. The number of rotatable bonds is 3. The van der Waals surface area contributed by atoms with Gasteiger partial charge >= 0.3 is 0 Å². The maximum atomic E-state index is 10.0. The SMILES string of the molecule is O=C([S-])CC(O)CCl. The molecule has 8 heavy (non-hydrogen) atoms. The predicted molar refractivity (Wildman–Crippen MR) is 33.7 cm³/mol. The van der Waals surface area contributed by atoms with Crippen LogP contribution in [0.4, 0.5) is 0 Å². The second-order valence-electron chi connectivity index (χ2n) is 1.38. The highest BCUT2D eigenvalue weighted by molar-refractivity contribution is 7.77. The Morgan fingerprint density at radius 3 is 2.50 bits per heavy atom. The molecule has 0 fully saturated rings. The number of carbonyl (C=O) groups excluding carboxylic acids is 1. The average Bonchev–Trinajstić information content (AvgIpc) is 1.65. The van der Waals surface area contributed by atoms with E-state index in [1.54, 1.807) is 0 Å². The quantitative estimate of drug-likeness (QED) is 0.460. The molecular weight excluding hydrogens is 148 g/mol. The fourth-order valence-corrected chi connectivity index (χ4v) is 0.548. The van der Waals surface area contributed by atoms with Crippen molar-refractivity contribution in [3.05, 3.63) is 0 Å². The van der Waals surface area contributed by atoms with Crippen molar-refractivity contribution < 1.29 is 9.90 Å². The number of carbonyl (C=O) groups is 1. The van der Waals surface area contributed by atoms with E-state index in [9.17, 15) is 4.79 Å². The molecule has 0 saturated carbocycles. The molecule has 0 radical (unpaired) electrons. The van der Waals surface area contributed by atoms with E-state index in [2.05, 4.69) is 12.6 Å². The highest BCUT2D eigenvalue weighted by Crippen LogP contribution is 1.93. The van der Waals surface area contributed by atoms with Crippen molar-refractivity contribution in [2.24, 2.45) is 0 Å². The lowest BCUT2D eigenvalue weighted by Gasteiger charge is -2.06. The van der Waals surface area contributed by atoms with Gasteiger partial charge in [-0.1, -0.05) is 0 Å². The molecule has 0 spiro atoms. The van der Waals surface area contributed by atoms with Crippen molar-refractivity contribution in [2.75, 3.05) is 5.88 Å². The molecule has 0 aromatic rings. The van der Waals surface area contributed by atoms with Gasteiger partial charge in [0.2, 0.25) is 0 Å². The summed E-state index contributed by atoms with van der Waals surface area (Å²) in [7, 11) is 0. The van der Waals surface area contributed by atoms with Crippen LogP contribution in [0.5, 0.6) is 0 Å². The van der Waals surface area contributed by atoms with Crippen LogP contribution in [-0.4, -0.2) is 22.2 Å². The van der Waals surface area contributed by atoms with Crippen molar-refractivity contribution in [1.82, 2.24) is 0 Å². The van der Waals surface area contributed by atoms with E-state index in [-0.39, 0.29) is 12.3 Å². The standard InChI is InChI=1S/C4H7ClO2S/c5-2-3(6)1-4(7)8/h3,6H,1-2H2,(H,7,8)/p-1. The van der Waals surface area contributed by atoms with E-state index < -0.39 is 11.2 Å². The smallest absolute Gasteiger partial charge is 0.0726 e. The molecule has 0 saturated heterocycles. The van der Waals surface area contributed by atoms with E-state index in [1.165, 1.54) is 0 Å². The van der Waals surface area contributed by atoms with Crippen molar-refractivity contribution >= 4 is 29.3 Å². The zero-order chi connectivity index (χ0) is 6.57. The average molecular weight is 154 g/mol. The largest absolute Gasteiger partial charge is 0.742 e. The van der Waals surface area contributed by atoms with E-state index in [1.807, 2.05) is 0 Å². The number of aliphatic hydroxyl groups is 1. The predicted octanol–water partition coefficient (Wildman–Crippen LogP) is 0.0497. The molecule has 2 nitrogen and oxygen atoms in total. The van der Waals surface area contributed by atoms with Crippen LogP contribution >= 0.6 is 11.6 Å². The summed E-state index contributed by atoms with van der Waals surface area (Å²) in [6, 6.07) is 0. The molecule has 0 aliphatic heterocycles. The molecule has 4 heteroatoms. The van der Waals surface area contributed by atoms with Crippen molar-refractivity contribution in [3.8, 4) is 0 Å². The highest BCUT2D eigenvalue weighted by atomic mass is 35.5. The molecule has 1 unspecified atom stereocenters. The minimum Gasteiger partial charge on any atom is -0.742 e. The van der Waals surface area contributed by atoms with Crippen molar-refractivity contribution in [2.45, 2.75) is 12.5 Å². The van der Waals surface area contributed by atoms with Crippen LogP contribution in [0.2, 0.25) is 0 Å². The lowest BCUT2D eigenvalue weighted by Crippen LogP contribution is -2.12. The minimum absolute atomic E-state index is 0.0150. The molecular formula is C4H6ClO2S-. The first kappa shape index (κ1) is 8.14. The maximum Gasteiger partial charge on any atom is 0.0726 e. The first-order chi connectivity index (χ1) is 3.66. The summed E-state index contributed by atoms with van der Waals surface area (Å²) >= 11 is 9.31. The Morgan fingerprint density at radius 2 is 2.38 bits per heavy atom. The molecule has 0 amide bonds. The normalized spacial score (nSPS) is 13.2. The van der Waals surface area contributed by atoms with E-state index >= 15 is 0 Å². The van der Waals surface area contributed by atoms with E-state index in [4.69, 9.17) is 16.7 Å². The lowest BCUT2D eigenvalue weighted by atomic mass is 10.3. The molecule has 0 aliphatic rings. The van der Waals surface area contributed by atoms with Crippen LogP contribution in [0, 0.1) is 0 Å². The first-order valence-electron chi connectivity index (χ1n) is 2.10. The third-order valence-electron chi connectivity index (χ3n) is 0.580. The first-order valence-corrected chi connectivity index (χ1v) is 3.05. The molecule has 0 aliphatic carbocycles. The van der Waals surface area contributed by atoms with Gasteiger partial charge in [-0.25, -0.2) is 0 Å². The topological polar surface area (TPSA) is 37.3 Å². The number of hydrogen-bond acceptors (Lipinski definition) is 3. The van der Waals surface area contributed by atoms with Gasteiger partial charge in [-0.2, -0.15) is 0 Å². The van der Waals surface area contributed by atoms with Crippen molar-refractivity contribution in [1.29, 1.82) is 0 Å². The van der Waals surface area contributed by atoms with Crippen LogP contribution in [0.1, 0.15) is 6.42 Å². The van der Waals surface area contributed by atoms with Gasteiger partial charge in [-0.3, -0.25) is 0 Å². The van der Waals surface area contributed by atoms with Gasteiger partial charge in [0, 0.05) is 17.4 Å². The molecule has 1 N–H and O–H groups in total. The van der Waals surface area contributed by atoms with E-state index in [0.717, 1.165) is 0 Å². The summed E-state index contributed by atoms with van der Waals surface area (Å²) in [4.78, 5) is 10.0. The van der Waals surface area contributed by atoms with Gasteiger partial charge in [0.05, 0.1) is 6.10 Å². The Balaban J connectivity index is 3.24. The lowest BCUT2D eigenvalue weighted by molar-refractivity contribution is -0.112. The highest BCUT2D eigenvalue weighted by Gasteiger charge is 1.98. The maximum absolute atomic E-state index is 10.0. The fraction of sp³-hybridized carbons (Fsp3) is 0.750. The monoisotopic (exact) mass is 153 g/mol. The van der Waals surface area contributed by atoms with Crippen LogP contribution < -0.4 is 0 Å². The van der Waals surface area contributed by atoms with Gasteiger partial charge in [-0.15, -0.1) is 11.6 Å². The third kappa shape index (κ3) is 4.30. The second kappa shape index (κ2) is 4.06. The van der Waals surface area contributed by atoms with E-state index in [0.29, 0.717) is 0 Å². The summed E-state index contributed by atoms with van der Waals surface area (Å²) < 4.78 is 0. The molecule has 0 rings (SSSR count). The molecule has 0 aromatic heterocycles. The van der Waals surface area contributed by atoms with Gasteiger partial charge in [0.15, 0.2) is 0 Å². The zero-order valence-electron chi connectivity index (χ0n) is 4.13. The van der Waals surface area contributed by atoms with Gasteiger partial charge in [0.1, 0.15) is 0 Å². The summed E-state index contributed by atoms with van der Waals surface area (Å²) in [6.07, 6.45) is -0.777. The van der Waals surface area contributed by atoms with Crippen LogP contribution in [0.25, 0.3) is 0 Å². The number of hydrogen-bond donors (Lipinski definition) is 1. The number of alkyl halides is 1. The Morgan fingerprint density at radius 1 is 1.88 bits per heavy atom. The molecule has 0 aromatic carbocycles. The summed E-state index contributed by atoms with van der Waals surface area (Å²) in [6.45, 7) is 0. The van der Waals surface area contributed by atoms with Crippen LogP contribution in [0.3, 0.4) is 0 Å².